The summed E-state index contributed by atoms with van der Waals surface area (Å²) in [4.78, 5) is 10.3. The van der Waals surface area contributed by atoms with Crippen molar-refractivity contribution in [1.82, 2.24) is 23.5 Å². The summed E-state index contributed by atoms with van der Waals surface area (Å²) in [6.45, 7) is 0. The molecule has 0 amide bonds. The van der Waals surface area contributed by atoms with Gasteiger partial charge >= 0.3 is 0 Å². The van der Waals surface area contributed by atoms with Crippen LogP contribution in [-0.2, 0) is 0 Å². The number of hydrogen-bond donors (Lipinski definition) is 0. The standard InChI is InChI=1S/C48H29N5O/c1-2-14-30(15-3-1)51-40-23-11-12-24-41(40)53-46-37(50-48(51)53)26-27-42-44(46)36-20-7-10-22-39(36)52(42)38-21-9-6-17-32(38)31-16-4-5-19-34(31)45-47-35(28-29-49-45)33-18-8-13-25-43(33)54-47/h1-29H. The molecule has 252 valence electrons. The van der Waals surface area contributed by atoms with Crippen LogP contribution >= 0.6 is 0 Å². The number of furan rings is 1. The molecule has 0 spiro atoms. The van der Waals surface area contributed by atoms with Crippen molar-refractivity contribution in [1.29, 1.82) is 0 Å². The third-order valence-electron chi connectivity index (χ3n) is 10.9. The van der Waals surface area contributed by atoms with E-state index < -0.39 is 0 Å². The van der Waals surface area contributed by atoms with Gasteiger partial charge in [0.25, 0.3) is 0 Å². The van der Waals surface area contributed by atoms with E-state index in [9.17, 15) is 0 Å². The van der Waals surface area contributed by atoms with E-state index in [0.29, 0.717) is 0 Å². The Labute approximate surface area is 308 Å². The molecule has 0 bridgehead atoms. The fourth-order valence-electron chi connectivity index (χ4n) is 8.69. The first-order valence-electron chi connectivity index (χ1n) is 18.2. The number of aromatic nitrogens is 5. The molecule has 0 atom stereocenters. The largest absolute Gasteiger partial charge is 0.454 e. The molecule has 0 fully saturated rings. The Hall–Kier alpha value is -7.44. The van der Waals surface area contributed by atoms with E-state index in [1.165, 1.54) is 10.8 Å². The van der Waals surface area contributed by atoms with Crippen molar-refractivity contribution in [3.8, 4) is 33.8 Å². The van der Waals surface area contributed by atoms with Crippen LogP contribution in [0.1, 0.15) is 0 Å². The molecule has 0 aliphatic heterocycles. The Bertz CT molecular complexity index is 3450. The second-order valence-electron chi connectivity index (χ2n) is 13.8. The number of pyridine rings is 1. The zero-order valence-corrected chi connectivity index (χ0v) is 28.9. The summed E-state index contributed by atoms with van der Waals surface area (Å²) in [6, 6.07) is 59.7. The van der Waals surface area contributed by atoms with Crippen LogP contribution in [0.25, 0.3) is 105 Å². The summed E-state index contributed by atoms with van der Waals surface area (Å²) < 4.78 is 13.5. The summed E-state index contributed by atoms with van der Waals surface area (Å²) >= 11 is 0. The Morgan fingerprint density at radius 1 is 0.463 bits per heavy atom. The number of benzene rings is 7. The highest BCUT2D eigenvalue weighted by Crippen LogP contribution is 2.44. The van der Waals surface area contributed by atoms with Crippen molar-refractivity contribution in [3.05, 3.63) is 176 Å². The van der Waals surface area contributed by atoms with Gasteiger partial charge in [0.05, 0.1) is 38.8 Å². The first-order valence-corrected chi connectivity index (χ1v) is 18.2. The molecule has 5 aromatic heterocycles. The van der Waals surface area contributed by atoms with Crippen molar-refractivity contribution in [2.45, 2.75) is 0 Å². The van der Waals surface area contributed by atoms with Crippen molar-refractivity contribution < 1.29 is 4.42 Å². The molecule has 0 radical (unpaired) electrons. The first kappa shape index (κ1) is 29.2. The fourth-order valence-corrected chi connectivity index (χ4v) is 8.69. The van der Waals surface area contributed by atoms with Crippen LogP contribution < -0.4 is 0 Å². The smallest absolute Gasteiger partial charge is 0.220 e. The van der Waals surface area contributed by atoms with Gasteiger partial charge < -0.3 is 8.98 Å². The quantitative estimate of drug-likeness (QED) is 0.185. The minimum absolute atomic E-state index is 0.794. The molecule has 0 N–H and O–H groups in total. The number of para-hydroxylation sites is 6. The molecular formula is C48H29N5O. The zero-order valence-electron chi connectivity index (χ0n) is 28.9. The van der Waals surface area contributed by atoms with Crippen LogP contribution in [0, 0.1) is 0 Å². The molecule has 0 aliphatic rings. The van der Waals surface area contributed by atoms with Gasteiger partial charge in [0.1, 0.15) is 11.3 Å². The Kier molecular flexibility index (Phi) is 5.96. The average molecular weight is 692 g/mol. The van der Waals surface area contributed by atoms with Crippen molar-refractivity contribution in [3.63, 3.8) is 0 Å². The maximum absolute atomic E-state index is 6.50. The molecule has 0 aliphatic carbocycles. The lowest BCUT2D eigenvalue weighted by atomic mass is 9.95. The SMILES string of the molecule is c1ccc(-n2c3ccccc3n3c4c(ccc5c4c4ccccc4n5-c4ccccc4-c4ccccc4-c4nccc5c4oc4ccccc45)nc23)cc1. The lowest BCUT2D eigenvalue weighted by Gasteiger charge is -2.16. The molecule has 0 saturated heterocycles. The molecule has 12 rings (SSSR count). The zero-order chi connectivity index (χ0) is 35.3. The maximum Gasteiger partial charge on any atom is 0.220 e. The van der Waals surface area contributed by atoms with Gasteiger partial charge in [0, 0.05) is 44.6 Å². The second kappa shape index (κ2) is 11.0. The average Bonchev–Trinajstić information content (AvgIpc) is 3.98. The molecule has 0 saturated carbocycles. The molecule has 12 aromatic rings. The molecule has 0 unspecified atom stereocenters. The van der Waals surface area contributed by atoms with Gasteiger partial charge in [-0.2, -0.15) is 0 Å². The molecule has 6 nitrogen and oxygen atoms in total. The van der Waals surface area contributed by atoms with Crippen LogP contribution in [-0.4, -0.2) is 23.5 Å². The van der Waals surface area contributed by atoms with Gasteiger partial charge in [-0.05, 0) is 66.2 Å². The molecular weight excluding hydrogens is 663 g/mol. The molecule has 6 heteroatoms. The van der Waals surface area contributed by atoms with E-state index in [1.807, 2.05) is 24.4 Å². The van der Waals surface area contributed by atoms with Gasteiger partial charge in [-0.3, -0.25) is 14.0 Å². The van der Waals surface area contributed by atoms with Gasteiger partial charge in [0.2, 0.25) is 5.78 Å². The van der Waals surface area contributed by atoms with E-state index in [1.54, 1.807) is 0 Å². The van der Waals surface area contributed by atoms with E-state index in [0.717, 1.165) is 94.6 Å². The van der Waals surface area contributed by atoms with Gasteiger partial charge in [-0.25, -0.2) is 4.98 Å². The third kappa shape index (κ3) is 3.94. The summed E-state index contributed by atoms with van der Waals surface area (Å²) in [5.41, 5.74) is 14.4. The predicted molar refractivity (Wildman–Crippen MR) is 220 cm³/mol. The van der Waals surface area contributed by atoms with Gasteiger partial charge in [-0.15, -0.1) is 0 Å². The van der Waals surface area contributed by atoms with Crippen LogP contribution in [0.5, 0.6) is 0 Å². The fraction of sp³-hybridized carbons (Fsp3) is 0. The highest BCUT2D eigenvalue weighted by molar-refractivity contribution is 6.21. The topological polar surface area (TPSA) is 53.2 Å². The van der Waals surface area contributed by atoms with Crippen molar-refractivity contribution in [2.75, 3.05) is 0 Å². The normalized spacial score (nSPS) is 12.1. The lowest BCUT2D eigenvalue weighted by molar-refractivity contribution is 0.668. The Balaban J connectivity index is 1.16. The van der Waals surface area contributed by atoms with Crippen LogP contribution in [0.15, 0.2) is 180 Å². The first-order chi connectivity index (χ1) is 26.8. The van der Waals surface area contributed by atoms with Gasteiger partial charge in [-0.1, -0.05) is 109 Å². The summed E-state index contributed by atoms with van der Waals surface area (Å²) in [7, 11) is 0. The van der Waals surface area contributed by atoms with E-state index >= 15 is 0 Å². The number of hydrogen-bond acceptors (Lipinski definition) is 3. The lowest BCUT2D eigenvalue weighted by Crippen LogP contribution is -1.98. The second-order valence-corrected chi connectivity index (χ2v) is 13.8. The number of fused-ring (bicyclic) bond motifs is 12. The molecule has 54 heavy (non-hydrogen) atoms. The third-order valence-corrected chi connectivity index (χ3v) is 10.9. The summed E-state index contributed by atoms with van der Waals surface area (Å²) in [5.74, 6) is 0.892. The van der Waals surface area contributed by atoms with Crippen LogP contribution in [0.4, 0.5) is 0 Å². The van der Waals surface area contributed by atoms with Crippen LogP contribution in [0.3, 0.4) is 0 Å². The van der Waals surface area contributed by atoms with E-state index in [2.05, 4.69) is 165 Å². The highest BCUT2D eigenvalue weighted by atomic mass is 16.3. The predicted octanol–water partition coefficient (Wildman–Crippen LogP) is 12.2. The number of rotatable bonds is 4. The summed E-state index contributed by atoms with van der Waals surface area (Å²) in [5, 5.41) is 4.49. The van der Waals surface area contributed by atoms with Crippen molar-refractivity contribution >= 4 is 71.6 Å². The monoisotopic (exact) mass is 691 g/mol. The summed E-state index contributed by atoms with van der Waals surface area (Å²) in [6.07, 6.45) is 1.89. The minimum Gasteiger partial charge on any atom is -0.454 e. The molecule has 7 aromatic carbocycles. The molecule has 5 heterocycles. The maximum atomic E-state index is 6.50. The minimum atomic E-state index is 0.794. The van der Waals surface area contributed by atoms with E-state index in [4.69, 9.17) is 14.4 Å². The van der Waals surface area contributed by atoms with Gasteiger partial charge in [0.15, 0.2) is 5.58 Å². The Morgan fingerprint density at radius 3 is 2.02 bits per heavy atom. The number of imidazole rings is 2. The van der Waals surface area contributed by atoms with Crippen molar-refractivity contribution in [2.24, 2.45) is 0 Å². The van der Waals surface area contributed by atoms with Crippen LogP contribution in [0.2, 0.25) is 0 Å². The Morgan fingerprint density at radius 2 is 1.15 bits per heavy atom. The highest BCUT2D eigenvalue weighted by Gasteiger charge is 2.24. The number of nitrogens with zero attached hydrogens (tertiary/aromatic N) is 5. The van der Waals surface area contributed by atoms with E-state index in [-0.39, 0.29) is 0 Å².